The second kappa shape index (κ2) is 12.4. The standard InChI is InChI=1S/C49H32N4OS/c1-49-28-12-18-35(45(49)54-40-20-10-9-19-38(40)49)34-26-27-39-37(29-34)42-36-17-8-11-21-41(36)55-44(42)43(50-39)30-22-24-33(25-23-30)48-52-46(31-13-4-2-5-14-31)51-47(53-48)32-15-6-3-7-16-32/h2-27,29H,28H2,1H3. The van der Waals surface area contributed by atoms with Crippen molar-refractivity contribution in [1.29, 1.82) is 0 Å². The summed E-state index contributed by atoms with van der Waals surface area (Å²) >= 11 is 1.80. The summed E-state index contributed by atoms with van der Waals surface area (Å²) in [5, 5.41) is 3.61. The third-order valence-electron chi connectivity index (χ3n) is 11.0. The summed E-state index contributed by atoms with van der Waals surface area (Å²) in [4.78, 5) is 20.2. The van der Waals surface area contributed by atoms with Gasteiger partial charge in [-0.15, -0.1) is 11.3 Å². The topological polar surface area (TPSA) is 60.8 Å². The van der Waals surface area contributed by atoms with Gasteiger partial charge >= 0.3 is 0 Å². The van der Waals surface area contributed by atoms with Crippen molar-refractivity contribution < 1.29 is 4.74 Å². The minimum Gasteiger partial charge on any atom is -0.460 e. The second-order valence-corrected chi connectivity index (χ2v) is 15.4. The number of para-hydroxylation sites is 1. The zero-order valence-corrected chi connectivity index (χ0v) is 30.7. The molecule has 11 rings (SSSR count). The Kier molecular flexibility index (Phi) is 7.16. The lowest BCUT2D eigenvalue weighted by atomic mass is 9.74. The molecule has 0 saturated heterocycles. The Hall–Kier alpha value is -6.76. The monoisotopic (exact) mass is 724 g/mol. The highest BCUT2D eigenvalue weighted by Crippen LogP contribution is 2.52. The molecule has 0 saturated carbocycles. The number of thiophene rings is 1. The first-order valence-electron chi connectivity index (χ1n) is 18.5. The maximum absolute atomic E-state index is 6.61. The van der Waals surface area contributed by atoms with E-state index in [1.807, 2.05) is 60.7 Å². The first-order chi connectivity index (χ1) is 27.1. The fourth-order valence-corrected chi connectivity index (χ4v) is 9.42. The Bertz CT molecular complexity index is 2980. The van der Waals surface area contributed by atoms with Gasteiger partial charge in [-0.05, 0) is 43.2 Å². The molecule has 2 aliphatic rings. The third-order valence-corrected chi connectivity index (χ3v) is 12.2. The summed E-state index contributed by atoms with van der Waals surface area (Å²) in [7, 11) is 0. The zero-order chi connectivity index (χ0) is 36.5. The van der Waals surface area contributed by atoms with Gasteiger partial charge in [0.1, 0.15) is 11.5 Å². The van der Waals surface area contributed by atoms with Crippen LogP contribution < -0.4 is 4.74 Å². The van der Waals surface area contributed by atoms with E-state index in [0.29, 0.717) is 17.5 Å². The number of aromatic nitrogens is 4. The van der Waals surface area contributed by atoms with Crippen LogP contribution >= 0.6 is 11.3 Å². The molecule has 0 radical (unpaired) electrons. The normalized spacial score (nSPS) is 16.1. The van der Waals surface area contributed by atoms with Crippen LogP contribution in [0.25, 0.3) is 82.1 Å². The van der Waals surface area contributed by atoms with Crippen molar-refractivity contribution in [3.63, 3.8) is 0 Å². The third kappa shape index (κ3) is 5.13. The van der Waals surface area contributed by atoms with Crippen LogP contribution in [0.15, 0.2) is 170 Å². The van der Waals surface area contributed by atoms with Gasteiger partial charge in [0.25, 0.3) is 0 Å². The minimum absolute atomic E-state index is 0.193. The van der Waals surface area contributed by atoms with Gasteiger partial charge in [0.15, 0.2) is 17.5 Å². The summed E-state index contributed by atoms with van der Waals surface area (Å²) in [5.41, 5.74) is 9.09. The molecule has 9 aromatic rings. The highest BCUT2D eigenvalue weighted by atomic mass is 32.1. The Balaban J connectivity index is 1.04. The maximum Gasteiger partial charge on any atom is 0.164 e. The molecule has 4 heterocycles. The number of pyridine rings is 1. The summed E-state index contributed by atoms with van der Waals surface area (Å²) in [6.07, 6.45) is 5.43. The van der Waals surface area contributed by atoms with E-state index < -0.39 is 0 Å². The van der Waals surface area contributed by atoms with Gasteiger partial charge in [-0.2, -0.15) is 0 Å². The van der Waals surface area contributed by atoms with E-state index in [9.17, 15) is 0 Å². The average molecular weight is 725 g/mol. The first-order valence-corrected chi connectivity index (χ1v) is 19.3. The van der Waals surface area contributed by atoms with E-state index in [4.69, 9.17) is 24.7 Å². The van der Waals surface area contributed by atoms with Crippen LogP contribution in [-0.4, -0.2) is 19.9 Å². The number of nitrogens with zero attached hydrogens (tertiary/aromatic N) is 4. The number of rotatable bonds is 5. The van der Waals surface area contributed by atoms with Crippen LogP contribution in [0.5, 0.6) is 5.75 Å². The number of hydrogen-bond acceptors (Lipinski definition) is 6. The molecule has 1 unspecified atom stereocenters. The van der Waals surface area contributed by atoms with E-state index in [-0.39, 0.29) is 5.41 Å². The average Bonchev–Trinajstić information content (AvgIpc) is 3.79. The van der Waals surface area contributed by atoms with E-state index >= 15 is 0 Å². The highest BCUT2D eigenvalue weighted by Gasteiger charge is 2.43. The molecular formula is C49H32N4OS. The van der Waals surface area contributed by atoms with Crippen molar-refractivity contribution >= 4 is 48.0 Å². The molecule has 0 fully saturated rings. The number of benzene rings is 6. The smallest absolute Gasteiger partial charge is 0.164 e. The van der Waals surface area contributed by atoms with Gasteiger partial charge in [0.05, 0.1) is 21.3 Å². The lowest BCUT2D eigenvalue weighted by Gasteiger charge is -2.28. The lowest BCUT2D eigenvalue weighted by Crippen LogP contribution is -2.24. The van der Waals surface area contributed by atoms with E-state index in [2.05, 4.69) is 110 Å². The van der Waals surface area contributed by atoms with Crippen molar-refractivity contribution in [2.75, 3.05) is 0 Å². The summed E-state index contributed by atoms with van der Waals surface area (Å²) in [6, 6.07) is 52.4. The van der Waals surface area contributed by atoms with Crippen molar-refractivity contribution in [3.8, 4) is 51.2 Å². The fraction of sp³-hybridized carbons (Fsp3) is 0.0612. The van der Waals surface area contributed by atoms with Crippen LogP contribution in [-0.2, 0) is 5.41 Å². The SMILES string of the molecule is CC12CC=CC(c3ccc4nc(-c5ccc(-c6nc(-c7ccccc7)nc(-c7ccccc7)n6)cc5)c5sc6ccccc6c5c4c3)=C1Oc1ccccc12. The minimum atomic E-state index is -0.193. The van der Waals surface area contributed by atoms with Gasteiger partial charge < -0.3 is 4.74 Å². The number of ether oxygens (including phenoxy) is 1. The molecule has 260 valence electrons. The molecule has 6 heteroatoms. The fourth-order valence-electron chi connectivity index (χ4n) is 8.19. The van der Waals surface area contributed by atoms with Gasteiger partial charge in [-0.25, -0.2) is 19.9 Å². The van der Waals surface area contributed by atoms with Crippen molar-refractivity contribution in [2.24, 2.45) is 0 Å². The second-order valence-electron chi connectivity index (χ2n) is 14.4. The van der Waals surface area contributed by atoms with Crippen LogP contribution in [0.1, 0.15) is 24.5 Å². The predicted molar refractivity (Wildman–Crippen MR) is 225 cm³/mol. The zero-order valence-electron chi connectivity index (χ0n) is 29.9. The Morgan fingerprint density at radius 1 is 0.564 bits per heavy atom. The molecule has 55 heavy (non-hydrogen) atoms. The summed E-state index contributed by atoms with van der Waals surface area (Å²) < 4.78 is 9.02. The van der Waals surface area contributed by atoms with E-state index in [1.54, 1.807) is 11.3 Å². The highest BCUT2D eigenvalue weighted by molar-refractivity contribution is 7.26. The van der Waals surface area contributed by atoms with Crippen LogP contribution in [0.3, 0.4) is 0 Å². The molecule has 5 nitrogen and oxygen atoms in total. The Labute approximate surface area is 322 Å². The molecule has 1 aliphatic carbocycles. The summed E-state index contributed by atoms with van der Waals surface area (Å²) in [6.45, 7) is 2.30. The van der Waals surface area contributed by atoms with Gasteiger partial charge in [0, 0.05) is 54.2 Å². The van der Waals surface area contributed by atoms with Gasteiger partial charge in [0.2, 0.25) is 0 Å². The van der Waals surface area contributed by atoms with Gasteiger partial charge in [-0.1, -0.05) is 140 Å². The van der Waals surface area contributed by atoms with Gasteiger partial charge in [-0.3, -0.25) is 0 Å². The number of allylic oxidation sites excluding steroid dienone is 4. The van der Waals surface area contributed by atoms with Crippen molar-refractivity contribution in [3.05, 3.63) is 181 Å². The molecule has 6 aromatic carbocycles. The molecule has 0 spiro atoms. The molecular weight excluding hydrogens is 693 g/mol. The van der Waals surface area contributed by atoms with E-state index in [0.717, 1.165) is 67.9 Å². The largest absolute Gasteiger partial charge is 0.460 e. The van der Waals surface area contributed by atoms with Crippen molar-refractivity contribution in [2.45, 2.75) is 18.8 Å². The van der Waals surface area contributed by atoms with Crippen molar-refractivity contribution in [1.82, 2.24) is 19.9 Å². The predicted octanol–water partition coefficient (Wildman–Crippen LogP) is 12.5. The van der Waals surface area contributed by atoms with E-state index in [1.165, 1.54) is 25.7 Å². The van der Waals surface area contributed by atoms with Crippen LogP contribution in [0.2, 0.25) is 0 Å². The Morgan fingerprint density at radius 2 is 1.16 bits per heavy atom. The summed E-state index contributed by atoms with van der Waals surface area (Å²) in [5.74, 6) is 3.89. The molecule has 1 atom stereocenters. The Morgan fingerprint density at radius 3 is 1.89 bits per heavy atom. The lowest BCUT2D eigenvalue weighted by molar-refractivity contribution is 0.381. The first kappa shape index (κ1) is 31.7. The van der Waals surface area contributed by atoms with Crippen LogP contribution in [0, 0.1) is 0 Å². The van der Waals surface area contributed by atoms with Crippen LogP contribution in [0.4, 0.5) is 0 Å². The number of fused-ring (bicyclic) bond motifs is 8. The quantitative estimate of drug-likeness (QED) is 0.177. The molecule has 0 N–H and O–H groups in total. The molecule has 1 aliphatic heterocycles. The number of hydrogen-bond donors (Lipinski definition) is 0. The maximum atomic E-state index is 6.61. The molecule has 0 amide bonds. The molecule has 0 bridgehead atoms. The molecule has 3 aromatic heterocycles.